The number of rotatable bonds is 1. The third-order valence-electron chi connectivity index (χ3n) is 2.47. The summed E-state index contributed by atoms with van der Waals surface area (Å²) < 4.78 is 27.2. The van der Waals surface area contributed by atoms with Gasteiger partial charge in [-0.25, -0.2) is 13.6 Å². The fraction of sp³-hybridized carbons (Fsp3) is 1.00. The molecule has 2 N–H and O–H groups in total. The summed E-state index contributed by atoms with van der Waals surface area (Å²) in [5, 5.41) is 4.59. The summed E-state index contributed by atoms with van der Waals surface area (Å²) >= 11 is 0. The van der Waals surface area contributed by atoms with Gasteiger partial charge in [-0.05, 0) is 19.3 Å². The van der Waals surface area contributed by atoms with Crippen LogP contribution in [0.2, 0.25) is 0 Å². The van der Waals surface area contributed by atoms with Crippen LogP contribution in [0.3, 0.4) is 0 Å². The van der Waals surface area contributed by atoms with E-state index in [9.17, 15) is 8.42 Å². The standard InChI is InChI=1S/C6H11NO3S/c7-11(8,9)6-3-4-1-2-5(6)10-4/h4-6H,1-3H2,(H2,7,8,9)/t4-,5-,6-/m1/s1. The fourth-order valence-electron chi connectivity index (χ4n) is 1.94. The van der Waals surface area contributed by atoms with Crippen molar-refractivity contribution in [1.29, 1.82) is 0 Å². The van der Waals surface area contributed by atoms with E-state index in [0.29, 0.717) is 6.42 Å². The second-order valence-corrected chi connectivity index (χ2v) is 5.02. The molecule has 2 aliphatic heterocycles. The average molecular weight is 177 g/mol. The highest BCUT2D eigenvalue weighted by atomic mass is 32.2. The average Bonchev–Trinajstić information content (AvgIpc) is 2.42. The molecule has 0 saturated carbocycles. The molecule has 2 bridgehead atoms. The van der Waals surface area contributed by atoms with Gasteiger partial charge >= 0.3 is 0 Å². The molecule has 0 aromatic carbocycles. The molecule has 0 aromatic heterocycles. The third-order valence-corrected chi connectivity index (χ3v) is 3.81. The van der Waals surface area contributed by atoms with Crippen molar-refractivity contribution in [2.45, 2.75) is 36.7 Å². The molecule has 4 nitrogen and oxygen atoms in total. The predicted molar refractivity (Wildman–Crippen MR) is 39.4 cm³/mol. The first-order valence-electron chi connectivity index (χ1n) is 3.74. The first-order chi connectivity index (χ1) is 5.07. The molecule has 0 aromatic rings. The topological polar surface area (TPSA) is 69.4 Å². The highest BCUT2D eigenvalue weighted by Crippen LogP contribution is 2.36. The molecule has 5 heteroatoms. The van der Waals surface area contributed by atoms with Crippen LogP contribution < -0.4 is 5.14 Å². The molecule has 2 fully saturated rings. The maximum Gasteiger partial charge on any atom is 0.214 e. The normalized spacial score (nSPS) is 43.2. The predicted octanol–water partition coefficient (Wildman–Crippen LogP) is -0.405. The summed E-state index contributed by atoms with van der Waals surface area (Å²) in [5.74, 6) is 0. The highest BCUT2D eigenvalue weighted by Gasteiger charge is 2.46. The Hall–Kier alpha value is -0.130. The minimum absolute atomic E-state index is 0.116. The van der Waals surface area contributed by atoms with Gasteiger partial charge in [-0.15, -0.1) is 0 Å². The number of hydrogen-bond donors (Lipinski definition) is 1. The molecule has 2 aliphatic rings. The molecule has 2 heterocycles. The first kappa shape index (κ1) is 7.52. The quantitative estimate of drug-likeness (QED) is 0.592. The van der Waals surface area contributed by atoms with E-state index in [4.69, 9.17) is 9.88 Å². The summed E-state index contributed by atoms with van der Waals surface area (Å²) in [5.41, 5.74) is 0. The van der Waals surface area contributed by atoms with Crippen LogP contribution >= 0.6 is 0 Å². The van der Waals surface area contributed by atoms with Gasteiger partial charge in [0.2, 0.25) is 10.0 Å². The van der Waals surface area contributed by atoms with Crippen LogP contribution in [-0.4, -0.2) is 25.9 Å². The molecule has 0 radical (unpaired) electrons. The zero-order valence-electron chi connectivity index (χ0n) is 6.06. The summed E-state index contributed by atoms with van der Waals surface area (Å²) in [6.07, 6.45) is 2.49. The first-order valence-corrected chi connectivity index (χ1v) is 5.35. The van der Waals surface area contributed by atoms with E-state index in [0.717, 1.165) is 12.8 Å². The smallest absolute Gasteiger partial charge is 0.214 e. The molecule has 3 atom stereocenters. The van der Waals surface area contributed by atoms with E-state index in [1.165, 1.54) is 0 Å². The SMILES string of the molecule is NS(=O)(=O)[C@@H]1C[C@H]2CC[C@H]1O2. The number of primary sulfonamides is 1. The summed E-state index contributed by atoms with van der Waals surface area (Å²) in [6, 6.07) is 0. The molecule has 11 heavy (non-hydrogen) atoms. The number of nitrogens with two attached hydrogens (primary N) is 1. The van der Waals surface area contributed by atoms with Crippen LogP contribution in [0.15, 0.2) is 0 Å². The number of ether oxygens (including phenoxy) is 1. The lowest BCUT2D eigenvalue weighted by atomic mass is 10.0. The monoisotopic (exact) mass is 177 g/mol. The Kier molecular flexibility index (Phi) is 1.49. The van der Waals surface area contributed by atoms with Crippen LogP contribution in [0.4, 0.5) is 0 Å². The molecule has 2 saturated heterocycles. The van der Waals surface area contributed by atoms with E-state index >= 15 is 0 Å². The molecule has 0 spiro atoms. The van der Waals surface area contributed by atoms with Crippen molar-refractivity contribution in [1.82, 2.24) is 0 Å². The second-order valence-electron chi connectivity index (χ2n) is 3.24. The summed E-state index contributed by atoms with van der Waals surface area (Å²) in [6.45, 7) is 0. The van der Waals surface area contributed by atoms with E-state index in [2.05, 4.69) is 0 Å². The van der Waals surface area contributed by atoms with Crippen LogP contribution in [0.25, 0.3) is 0 Å². The minimum atomic E-state index is -3.36. The zero-order valence-corrected chi connectivity index (χ0v) is 6.88. The fourth-order valence-corrected chi connectivity index (χ4v) is 3.04. The van der Waals surface area contributed by atoms with Gasteiger partial charge in [-0.2, -0.15) is 0 Å². The van der Waals surface area contributed by atoms with Crippen molar-refractivity contribution in [2.75, 3.05) is 0 Å². The van der Waals surface area contributed by atoms with E-state index in [1.54, 1.807) is 0 Å². The van der Waals surface area contributed by atoms with Crippen molar-refractivity contribution in [3.05, 3.63) is 0 Å². The maximum atomic E-state index is 10.9. The Morgan fingerprint density at radius 1 is 1.36 bits per heavy atom. The van der Waals surface area contributed by atoms with Gasteiger partial charge in [-0.1, -0.05) is 0 Å². The van der Waals surface area contributed by atoms with Gasteiger partial charge in [0.15, 0.2) is 0 Å². The molecular weight excluding hydrogens is 166 g/mol. The minimum Gasteiger partial charge on any atom is -0.374 e. The van der Waals surface area contributed by atoms with Gasteiger partial charge in [0.1, 0.15) is 5.25 Å². The Bertz CT molecular complexity index is 261. The van der Waals surface area contributed by atoms with Crippen LogP contribution in [0.5, 0.6) is 0 Å². The van der Waals surface area contributed by atoms with Gasteiger partial charge in [0.05, 0.1) is 12.2 Å². The van der Waals surface area contributed by atoms with Crippen molar-refractivity contribution in [2.24, 2.45) is 5.14 Å². The van der Waals surface area contributed by atoms with E-state index < -0.39 is 15.3 Å². The summed E-state index contributed by atoms with van der Waals surface area (Å²) in [4.78, 5) is 0. The maximum absolute atomic E-state index is 10.9. The van der Waals surface area contributed by atoms with E-state index in [1.807, 2.05) is 0 Å². The number of hydrogen-bond acceptors (Lipinski definition) is 3. The Morgan fingerprint density at radius 2 is 2.09 bits per heavy atom. The number of fused-ring (bicyclic) bond motifs is 2. The van der Waals surface area contributed by atoms with Gasteiger partial charge in [0.25, 0.3) is 0 Å². The Morgan fingerprint density at radius 3 is 2.36 bits per heavy atom. The van der Waals surface area contributed by atoms with Crippen molar-refractivity contribution in [3.8, 4) is 0 Å². The van der Waals surface area contributed by atoms with Gasteiger partial charge in [0, 0.05) is 0 Å². The second kappa shape index (κ2) is 2.18. The highest BCUT2D eigenvalue weighted by molar-refractivity contribution is 7.89. The van der Waals surface area contributed by atoms with Crippen LogP contribution in [0.1, 0.15) is 19.3 Å². The molecule has 0 unspecified atom stereocenters. The van der Waals surface area contributed by atoms with Gasteiger partial charge in [-0.3, -0.25) is 0 Å². The molecular formula is C6H11NO3S. The van der Waals surface area contributed by atoms with E-state index in [-0.39, 0.29) is 12.2 Å². The van der Waals surface area contributed by atoms with Gasteiger partial charge < -0.3 is 4.74 Å². The lowest BCUT2D eigenvalue weighted by molar-refractivity contribution is 0.105. The third kappa shape index (κ3) is 1.17. The lowest BCUT2D eigenvalue weighted by Crippen LogP contribution is -2.36. The molecule has 0 aliphatic carbocycles. The molecule has 0 amide bonds. The summed E-state index contributed by atoms with van der Waals surface area (Å²) in [7, 11) is -3.36. The Balaban J connectivity index is 2.21. The zero-order chi connectivity index (χ0) is 8.06. The van der Waals surface area contributed by atoms with Crippen LogP contribution in [-0.2, 0) is 14.8 Å². The largest absolute Gasteiger partial charge is 0.374 e. The lowest BCUT2D eigenvalue weighted by Gasteiger charge is -2.15. The number of sulfonamides is 1. The van der Waals surface area contributed by atoms with Crippen molar-refractivity contribution < 1.29 is 13.2 Å². The molecule has 64 valence electrons. The molecule has 2 rings (SSSR count). The Labute approximate surface area is 65.8 Å². The van der Waals surface area contributed by atoms with Crippen molar-refractivity contribution in [3.63, 3.8) is 0 Å². The van der Waals surface area contributed by atoms with Crippen molar-refractivity contribution >= 4 is 10.0 Å². The van der Waals surface area contributed by atoms with Crippen LogP contribution in [0, 0.1) is 0 Å².